The van der Waals surface area contributed by atoms with Crippen molar-refractivity contribution in [3.63, 3.8) is 0 Å². The van der Waals surface area contributed by atoms with E-state index in [1.807, 2.05) is 17.8 Å². The first-order chi connectivity index (χ1) is 8.65. The van der Waals surface area contributed by atoms with Crippen LogP contribution in [-0.2, 0) is 0 Å². The summed E-state index contributed by atoms with van der Waals surface area (Å²) in [5.41, 5.74) is 9.67. The topological polar surface area (TPSA) is 47.1 Å². The van der Waals surface area contributed by atoms with Crippen molar-refractivity contribution < 1.29 is 0 Å². The van der Waals surface area contributed by atoms with E-state index < -0.39 is 0 Å². The van der Waals surface area contributed by atoms with Crippen LogP contribution in [0.5, 0.6) is 0 Å². The Hall–Kier alpha value is -1.97. The van der Waals surface area contributed by atoms with Crippen LogP contribution in [-0.4, -0.2) is 22.9 Å². The van der Waals surface area contributed by atoms with Crippen LogP contribution in [0.25, 0.3) is 5.69 Å². The molecule has 1 aromatic carbocycles. The fraction of sp³-hybridized carbons (Fsp3) is 0.357. The second-order valence-electron chi connectivity index (χ2n) is 4.30. The monoisotopic (exact) mass is 244 g/mol. The van der Waals surface area contributed by atoms with Crippen molar-refractivity contribution in [3.05, 3.63) is 36.2 Å². The average Bonchev–Trinajstić information content (AvgIpc) is 2.72. The maximum absolute atomic E-state index is 5.81. The van der Waals surface area contributed by atoms with Crippen LogP contribution in [0.15, 0.2) is 30.5 Å². The van der Waals surface area contributed by atoms with Crippen LogP contribution in [0.2, 0.25) is 0 Å². The van der Waals surface area contributed by atoms with E-state index in [1.54, 1.807) is 0 Å². The molecule has 0 saturated heterocycles. The summed E-state index contributed by atoms with van der Waals surface area (Å²) in [6, 6.07) is 8.38. The molecule has 0 aliphatic carbocycles. The molecule has 0 atom stereocenters. The Morgan fingerprint density at radius 1 is 1.17 bits per heavy atom. The van der Waals surface area contributed by atoms with Gasteiger partial charge >= 0.3 is 0 Å². The summed E-state index contributed by atoms with van der Waals surface area (Å²) in [5.74, 6) is 0. The lowest BCUT2D eigenvalue weighted by atomic mass is 10.2. The van der Waals surface area contributed by atoms with E-state index in [0.29, 0.717) is 0 Å². The van der Waals surface area contributed by atoms with Crippen LogP contribution in [0.4, 0.5) is 11.4 Å². The standard InChI is InChI=1S/C14H20N4/c1-4-17(5-2)12-6-8-13(9-7-12)18-10-14(15)11(3)16-18/h6-10H,4-5,15H2,1-3H3. The molecule has 0 radical (unpaired) electrons. The zero-order valence-electron chi connectivity index (χ0n) is 11.2. The second-order valence-corrected chi connectivity index (χ2v) is 4.30. The van der Waals surface area contributed by atoms with Gasteiger partial charge < -0.3 is 10.6 Å². The third kappa shape index (κ3) is 2.32. The smallest absolute Gasteiger partial charge is 0.0827 e. The minimum Gasteiger partial charge on any atom is -0.396 e. The third-order valence-electron chi connectivity index (χ3n) is 3.18. The van der Waals surface area contributed by atoms with Crippen LogP contribution >= 0.6 is 0 Å². The summed E-state index contributed by atoms with van der Waals surface area (Å²) in [7, 11) is 0. The largest absolute Gasteiger partial charge is 0.396 e. The van der Waals surface area contributed by atoms with Crippen molar-refractivity contribution in [1.29, 1.82) is 0 Å². The fourth-order valence-electron chi connectivity index (χ4n) is 2.01. The Morgan fingerprint density at radius 2 is 1.78 bits per heavy atom. The number of nitrogens with zero attached hydrogens (tertiary/aromatic N) is 3. The maximum Gasteiger partial charge on any atom is 0.0827 e. The average molecular weight is 244 g/mol. The molecule has 4 nitrogen and oxygen atoms in total. The number of anilines is 2. The zero-order valence-corrected chi connectivity index (χ0v) is 11.2. The van der Waals surface area contributed by atoms with E-state index in [2.05, 4.69) is 48.1 Å². The van der Waals surface area contributed by atoms with Crippen molar-refractivity contribution in [2.75, 3.05) is 23.7 Å². The number of benzene rings is 1. The molecule has 1 aromatic heterocycles. The predicted molar refractivity (Wildman–Crippen MR) is 76.3 cm³/mol. The predicted octanol–water partition coefficient (Wildman–Crippen LogP) is 2.61. The molecule has 0 spiro atoms. The first kappa shape index (κ1) is 12.5. The lowest BCUT2D eigenvalue weighted by Crippen LogP contribution is -2.21. The normalized spacial score (nSPS) is 10.6. The van der Waals surface area contributed by atoms with Crippen LogP contribution in [0, 0.1) is 6.92 Å². The molecular weight excluding hydrogens is 224 g/mol. The van der Waals surface area contributed by atoms with E-state index in [4.69, 9.17) is 5.73 Å². The number of hydrogen-bond donors (Lipinski definition) is 1. The van der Waals surface area contributed by atoms with Crippen molar-refractivity contribution in [1.82, 2.24) is 9.78 Å². The summed E-state index contributed by atoms with van der Waals surface area (Å²) in [6.45, 7) is 8.27. The van der Waals surface area contributed by atoms with Gasteiger partial charge in [0.05, 0.1) is 23.3 Å². The highest BCUT2D eigenvalue weighted by Crippen LogP contribution is 2.18. The molecule has 1 heterocycles. The highest BCUT2D eigenvalue weighted by Gasteiger charge is 2.05. The number of hydrogen-bond acceptors (Lipinski definition) is 3. The molecule has 4 heteroatoms. The van der Waals surface area contributed by atoms with Gasteiger partial charge in [0.2, 0.25) is 0 Å². The Morgan fingerprint density at radius 3 is 2.22 bits per heavy atom. The molecule has 0 bridgehead atoms. The van der Waals surface area contributed by atoms with Gasteiger partial charge in [-0.15, -0.1) is 0 Å². The highest BCUT2D eigenvalue weighted by molar-refractivity contribution is 5.51. The summed E-state index contributed by atoms with van der Waals surface area (Å²) in [6.07, 6.45) is 1.85. The Kier molecular flexibility index (Phi) is 3.55. The molecule has 0 aliphatic rings. The molecule has 18 heavy (non-hydrogen) atoms. The van der Waals surface area contributed by atoms with Gasteiger partial charge in [-0.3, -0.25) is 0 Å². The number of aryl methyl sites for hydroxylation is 1. The molecule has 0 aliphatic heterocycles. The number of rotatable bonds is 4. The second kappa shape index (κ2) is 5.12. The molecular formula is C14H20N4. The summed E-state index contributed by atoms with van der Waals surface area (Å²) in [5, 5.41) is 4.37. The van der Waals surface area contributed by atoms with Crippen molar-refractivity contribution in [2.45, 2.75) is 20.8 Å². The first-order valence-electron chi connectivity index (χ1n) is 6.32. The molecule has 0 saturated carbocycles. The van der Waals surface area contributed by atoms with Gasteiger partial charge in [0.25, 0.3) is 0 Å². The highest BCUT2D eigenvalue weighted by atomic mass is 15.3. The number of nitrogens with two attached hydrogens (primary N) is 1. The van der Waals surface area contributed by atoms with E-state index in [9.17, 15) is 0 Å². The summed E-state index contributed by atoms with van der Waals surface area (Å²) in [4.78, 5) is 2.31. The van der Waals surface area contributed by atoms with Crippen molar-refractivity contribution >= 4 is 11.4 Å². The quantitative estimate of drug-likeness (QED) is 0.899. The molecule has 96 valence electrons. The Labute approximate surface area is 108 Å². The van der Waals surface area contributed by atoms with E-state index in [0.717, 1.165) is 30.2 Å². The van der Waals surface area contributed by atoms with Gasteiger partial charge in [-0.1, -0.05) is 0 Å². The maximum atomic E-state index is 5.81. The molecule has 0 unspecified atom stereocenters. The first-order valence-corrected chi connectivity index (χ1v) is 6.32. The van der Waals surface area contributed by atoms with Gasteiger partial charge in [0, 0.05) is 18.8 Å². The van der Waals surface area contributed by atoms with E-state index >= 15 is 0 Å². The van der Waals surface area contributed by atoms with Crippen molar-refractivity contribution in [2.24, 2.45) is 0 Å². The van der Waals surface area contributed by atoms with E-state index in [-0.39, 0.29) is 0 Å². The van der Waals surface area contributed by atoms with Crippen LogP contribution in [0.1, 0.15) is 19.5 Å². The summed E-state index contributed by atoms with van der Waals surface area (Å²) >= 11 is 0. The summed E-state index contributed by atoms with van der Waals surface area (Å²) < 4.78 is 1.82. The van der Waals surface area contributed by atoms with Gasteiger partial charge in [-0.2, -0.15) is 5.10 Å². The zero-order chi connectivity index (χ0) is 13.1. The van der Waals surface area contributed by atoms with Gasteiger partial charge in [0.15, 0.2) is 0 Å². The molecule has 2 N–H and O–H groups in total. The molecule has 0 amide bonds. The Balaban J connectivity index is 2.27. The number of nitrogen functional groups attached to an aromatic ring is 1. The fourth-order valence-corrected chi connectivity index (χ4v) is 2.01. The number of aromatic nitrogens is 2. The van der Waals surface area contributed by atoms with E-state index in [1.165, 1.54) is 5.69 Å². The lowest BCUT2D eigenvalue weighted by molar-refractivity contribution is 0.852. The lowest BCUT2D eigenvalue weighted by Gasteiger charge is -2.21. The minimum absolute atomic E-state index is 0.725. The van der Waals surface area contributed by atoms with Crippen LogP contribution in [0.3, 0.4) is 0 Å². The Bertz CT molecular complexity index is 490. The van der Waals surface area contributed by atoms with Gasteiger partial charge in [-0.25, -0.2) is 4.68 Å². The van der Waals surface area contributed by atoms with Gasteiger partial charge in [-0.05, 0) is 45.0 Å². The van der Waals surface area contributed by atoms with Crippen LogP contribution < -0.4 is 10.6 Å². The third-order valence-corrected chi connectivity index (χ3v) is 3.18. The SMILES string of the molecule is CCN(CC)c1ccc(-n2cc(N)c(C)n2)cc1. The van der Waals surface area contributed by atoms with Crippen molar-refractivity contribution in [3.8, 4) is 5.69 Å². The van der Waals surface area contributed by atoms with Gasteiger partial charge in [0.1, 0.15) is 0 Å². The molecule has 2 aromatic rings. The molecule has 0 fully saturated rings. The molecule has 2 rings (SSSR count). The minimum atomic E-state index is 0.725.